The number of nitrogens with one attached hydrogen (secondary N) is 1. The van der Waals surface area contributed by atoms with Crippen molar-refractivity contribution in [3.8, 4) is 0 Å². The number of Topliss-reactive ketones (excluding diaryl/α,β-unsaturated/α-hetero) is 1. The van der Waals surface area contributed by atoms with Crippen molar-refractivity contribution < 1.29 is 19.2 Å². The fraction of sp³-hybridized carbons (Fsp3) is 0.273. The summed E-state index contributed by atoms with van der Waals surface area (Å²) in [5.74, 6) is -2.57. The van der Waals surface area contributed by atoms with E-state index in [9.17, 15) is 19.2 Å². The Kier molecular flexibility index (Phi) is 3.53. The fourth-order valence-electron chi connectivity index (χ4n) is 5.11. The summed E-state index contributed by atoms with van der Waals surface area (Å²) in [5, 5.41) is 2.66. The largest absolute Gasteiger partial charge is 0.326 e. The standard InChI is InChI=1S/C22H18N2O4/c1-11(25)23-12-6-8-13(9-7-12)24-21(27)19-16-10-17(26)18(20(19)22(24)28)15-5-3-2-4-14(15)16/h2-9,16,18-20H,10H2,1H3,(H,23,25)/t16-,18+,19+,20-/m0/s1. The molecule has 6 rings (SSSR count). The van der Waals surface area contributed by atoms with Gasteiger partial charge in [-0.05, 0) is 35.4 Å². The van der Waals surface area contributed by atoms with E-state index in [4.69, 9.17) is 0 Å². The third-order valence-corrected chi connectivity index (χ3v) is 6.13. The van der Waals surface area contributed by atoms with Gasteiger partial charge in [0, 0.05) is 24.9 Å². The number of nitrogens with zero attached hydrogens (tertiary/aromatic N) is 1. The summed E-state index contributed by atoms with van der Waals surface area (Å²) in [5.41, 5.74) is 2.98. The normalized spacial score (nSPS) is 27.6. The van der Waals surface area contributed by atoms with Crippen molar-refractivity contribution in [2.75, 3.05) is 10.2 Å². The number of hydrogen-bond acceptors (Lipinski definition) is 4. The molecule has 6 heteroatoms. The van der Waals surface area contributed by atoms with E-state index in [1.807, 2.05) is 24.3 Å². The first-order valence-electron chi connectivity index (χ1n) is 9.34. The van der Waals surface area contributed by atoms with Crippen molar-refractivity contribution in [1.29, 1.82) is 0 Å². The van der Waals surface area contributed by atoms with Gasteiger partial charge in [0.05, 0.1) is 23.4 Å². The van der Waals surface area contributed by atoms with Crippen molar-refractivity contribution >= 4 is 34.9 Å². The molecule has 1 saturated heterocycles. The first-order valence-corrected chi connectivity index (χ1v) is 9.34. The Balaban J connectivity index is 1.54. The monoisotopic (exact) mass is 374 g/mol. The second kappa shape index (κ2) is 5.86. The Hall–Kier alpha value is -3.28. The van der Waals surface area contributed by atoms with E-state index in [-0.39, 0.29) is 29.4 Å². The van der Waals surface area contributed by atoms with Crippen LogP contribution in [-0.2, 0) is 19.2 Å². The molecule has 4 aliphatic rings. The van der Waals surface area contributed by atoms with E-state index < -0.39 is 17.8 Å². The van der Waals surface area contributed by atoms with E-state index in [2.05, 4.69) is 5.32 Å². The van der Waals surface area contributed by atoms with Gasteiger partial charge in [-0.1, -0.05) is 24.3 Å². The van der Waals surface area contributed by atoms with Gasteiger partial charge in [-0.15, -0.1) is 0 Å². The minimum atomic E-state index is -0.622. The molecule has 28 heavy (non-hydrogen) atoms. The Labute approximate surface area is 161 Å². The van der Waals surface area contributed by atoms with E-state index in [1.54, 1.807) is 24.3 Å². The van der Waals surface area contributed by atoms with Gasteiger partial charge in [-0.25, -0.2) is 0 Å². The molecule has 2 bridgehead atoms. The first kappa shape index (κ1) is 16.9. The quantitative estimate of drug-likeness (QED) is 0.819. The number of carbonyl (C=O) groups excluding carboxylic acids is 4. The van der Waals surface area contributed by atoms with Crippen LogP contribution in [-0.4, -0.2) is 23.5 Å². The predicted octanol–water partition coefficient (Wildman–Crippen LogP) is 2.60. The average molecular weight is 374 g/mol. The van der Waals surface area contributed by atoms with Crippen LogP contribution >= 0.6 is 0 Å². The van der Waals surface area contributed by atoms with Crippen LogP contribution in [0.2, 0.25) is 0 Å². The lowest BCUT2D eigenvalue weighted by Gasteiger charge is -2.43. The molecule has 1 aliphatic heterocycles. The van der Waals surface area contributed by atoms with Gasteiger partial charge in [-0.2, -0.15) is 0 Å². The third kappa shape index (κ3) is 2.21. The second-order valence-electron chi connectivity index (χ2n) is 7.68. The highest BCUT2D eigenvalue weighted by molar-refractivity contribution is 6.24. The van der Waals surface area contributed by atoms with Crippen LogP contribution in [0.4, 0.5) is 11.4 Å². The van der Waals surface area contributed by atoms with E-state index >= 15 is 0 Å². The minimum Gasteiger partial charge on any atom is -0.326 e. The highest BCUT2D eigenvalue weighted by atomic mass is 16.2. The predicted molar refractivity (Wildman–Crippen MR) is 102 cm³/mol. The third-order valence-electron chi connectivity index (χ3n) is 6.13. The molecule has 4 atom stereocenters. The molecular formula is C22H18N2O4. The molecule has 0 aromatic heterocycles. The summed E-state index contributed by atoms with van der Waals surface area (Å²) in [7, 11) is 0. The van der Waals surface area contributed by atoms with Crippen LogP contribution in [0.5, 0.6) is 0 Å². The smallest absolute Gasteiger partial charge is 0.238 e. The Morgan fingerprint density at radius 1 is 0.929 bits per heavy atom. The molecule has 2 fully saturated rings. The van der Waals surface area contributed by atoms with Crippen LogP contribution < -0.4 is 10.2 Å². The molecule has 2 aromatic rings. The molecule has 3 amide bonds. The molecule has 3 aliphatic carbocycles. The van der Waals surface area contributed by atoms with Gasteiger partial charge >= 0.3 is 0 Å². The Morgan fingerprint density at radius 3 is 2.25 bits per heavy atom. The summed E-state index contributed by atoms with van der Waals surface area (Å²) in [4.78, 5) is 51.6. The zero-order chi connectivity index (χ0) is 19.6. The topological polar surface area (TPSA) is 83.6 Å². The van der Waals surface area contributed by atoms with Crippen LogP contribution in [0.25, 0.3) is 0 Å². The lowest BCUT2D eigenvalue weighted by molar-refractivity contribution is -0.134. The minimum absolute atomic E-state index is 0.0500. The van der Waals surface area contributed by atoms with E-state index in [0.717, 1.165) is 11.1 Å². The van der Waals surface area contributed by atoms with Gasteiger partial charge in [-0.3, -0.25) is 24.1 Å². The van der Waals surface area contributed by atoms with Crippen LogP contribution in [0, 0.1) is 11.8 Å². The summed E-state index contributed by atoms with van der Waals surface area (Å²) >= 11 is 0. The molecule has 140 valence electrons. The number of ketones is 1. The molecule has 0 spiro atoms. The van der Waals surface area contributed by atoms with E-state index in [0.29, 0.717) is 17.8 Å². The molecule has 1 N–H and O–H groups in total. The van der Waals surface area contributed by atoms with E-state index in [1.165, 1.54) is 11.8 Å². The van der Waals surface area contributed by atoms with Crippen LogP contribution in [0.3, 0.4) is 0 Å². The number of fused-ring (bicyclic) bond motifs is 1. The van der Waals surface area contributed by atoms with Crippen LogP contribution in [0.1, 0.15) is 36.3 Å². The Bertz CT molecular complexity index is 1040. The number of hydrogen-bond donors (Lipinski definition) is 1. The molecule has 2 aromatic carbocycles. The van der Waals surface area contributed by atoms with Gasteiger partial charge < -0.3 is 5.32 Å². The zero-order valence-corrected chi connectivity index (χ0v) is 15.2. The zero-order valence-electron chi connectivity index (χ0n) is 15.2. The number of anilines is 2. The summed E-state index contributed by atoms with van der Waals surface area (Å²) < 4.78 is 0. The van der Waals surface area contributed by atoms with Crippen molar-refractivity contribution in [2.45, 2.75) is 25.2 Å². The maximum atomic E-state index is 13.2. The maximum Gasteiger partial charge on any atom is 0.238 e. The molecule has 0 unspecified atom stereocenters. The molecule has 1 saturated carbocycles. The lowest BCUT2D eigenvalue weighted by Crippen LogP contribution is -2.44. The second-order valence-corrected chi connectivity index (χ2v) is 7.68. The van der Waals surface area contributed by atoms with Gasteiger partial charge in [0.15, 0.2) is 0 Å². The molecule has 6 nitrogen and oxygen atoms in total. The summed E-state index contributed by atoms with van der Waals surface area (Å²) in [6.07, 6.45) is 0.317. The average Bonchev–Trinajstić information content (AvgIpc) is 2.94. The number of imide groups is 1. The lowest BCUT2D eigenvalue weighted by atomic mass is 9.56. The maximum absolute atomic E-state index is 13.2. The van der Waals surface area contributed by atoms with Gasteiger partial charge in [0.2, 0.25) is 17.7 Å². The highest BCUT2D eigenvalue weighted by Gasteiger charge is 2.62. The van der Waals surface area contributed by atoms with Gasteiger partial charge in [0.1, 0.15) is 5.78 Å². The first-order chi connectivity index (χ1) is 13.5. The number of rotatable bonds is 2. The fourth-order valence-corrected chi connectivity index (χ4v) is 5.11. The Morgan fingerprint density at radius 2 is 1.57 bits per heavy atom. The number of amides is 3. The van der Waals surface area contributed by atoms with Crippen molar-refractivity contribution in [3.05, 3.63) is 59.7 Å². The highest BCUT2D eigenvalue weighted by Crippen LogP contribution is 2.57. The SMILES string of the molecule is CC(=O)Nc1ccc(N2C(=O)[C@@H]3[C@H](C2=O)[C@H]2CC(=O)[C@H]3c3ccccc32)cc1. The number of carbonyl (C=O) groups is 4. The molecule has 0 radical (unpaired) electrons. The van der Waals surface area contributed by atoms with Crippen molar-refractivity contribution in [2.24, 2.45) is 11.8 Å². The van der Waals surface area contributed by atoms with Crippen LogP contribution in [0.15, 0.2) is 48.5 Å². The summed E-state index contributed by atoms with van der Waals surface area (Å²) in [6.45, 7) is 1.41. The van der Waals surface area contributed by atoms with Gasteiger partial charge in [0.25, 0.3) is 0 Å². The summed E-state index contributed by atoms with van der Waals surface area (Å²) in [6, 6.07) is 14.3. The molecule has 1 heterocycles. The van der Waals surface area contributed by atoms with Crippen molar-refractivity contribution in [1.82, 2.24) is 0 Å². The van der Waals surface area contributed by atoms with Crippen molar-refractivity contribution in [3.63, 3.8) is 0 Å². The molecular weight excluding hydrogens is 356 g/mol. The number of benzene rings is 2.